The van der Waals surface area contributed by atoms with E-state index in [1.807, 2.05) is 0 Å². The van der Waals surface area contributed by atoms with Crippen LogP contribution in [0, 0.1) is 0 Å². The highest BCUT2D eigenvalue weighted by Crippen LogP contribution is 2.35. The number of hydrogen-bond donors (Lipinski definition) is 1. The smallest absolute Gasteiger partial charge is 0.123 e. The average molecular weight is 359 g/mol. The minimum Gasteiger partial charge on any atom is -0.492 e. The van der Waals surface area contributed by atoms with Gasteiger partial charge in [-0.2, -0.15) is 0 Å². The fourth-order valence-electron chi connectivity index (χ4n) is 3.77. The Morgan fingerprint density at radius 3 is 2.80 bits per heavy atom. The maximum Gasteiger partial charge on any atom is 0.123 e. The molecule has 1 aromatic heterocycles. The van der Waals surface area contributed by atoms with E-state index in [1.165, 1.54) is 10.4 Å². The van der Waals surface area contributed by atoms with E-state index in [2.05, 4.69) is 52.6 Å². The number of ether oxygens (including phenoxy) is 1. The number of nitrogens with zero attached hydrogens (tertiary/aromatic N) is 2. The number of rotatable bonds is 3. The van der Waals surface area contributed by atoms with Crippen LogP contribution in [-0.2, 0) is 18.7 Å². The van der Waals surface area contributed by atoms with Gasteiger partial charge < -0.3 is 14.7 Å². The normalized spacial score (nSPS) is 21.4. The van der Waals surface area contributed by atoms with E-state index in [0.717, 1.165) is 56.9 Å². The average Bonchev–Trinajstić information content (AvgIpc) is 3.03. The fraction of sp³-hybridized carbons (Fsp3) is 0.500. The summed E-state index contributed by atoms with van der Waals surface area (Å²) in [5, 5.41) is 13.3. The van der Waals surface area contributed by atoms with Crippen LogP contribution in [0.2, 0.25) is 0 Å². The molecule has 5 heteroatoms. The molecule has 1 fully saturated rings. The minimum absolute atomic E-state index is 0.702. The van der Waals surface area contributed by atoms with E-state index in [4.69, 9.17) is 4.74 Å². The van der Waals surface area contributed by atoms with Crippen LogP contribution in [0.1, 0.15) is 28.8 Å². The highest BCUT2D eigenvalue weighted by Gasteiger charge is 2.33. The van der Waals surface area contributed by atoms with Gasteiger partial charge in [0.1, 0.15) is 12.4 Å². The molecule has 4 nitrogen and oxygen atoms in total. The van der Waals surface area contributed by atoms with Crippen LogP contribution < -0.4 is 4.74 Å². The Balaban J connectivity index is 1.55. The van der Waals surface area contributed by atoms with Crippen LogP contribution in [0.25, 0.3) is 0 Å². The van der Waals surface area contributed by atoms with E-state index >= 15 is 0 Å². The first-order chi connectivity index (χ1) is 12.1. The number of piperidine rings is 1. The van der Waals surface area contributed by atoms with Crippen molar-refractivity contribution in [3.8, 4) is 5.75 Å². The summed E-state index contributed by atoms with van der Waals surface area (Å²) in [5.41, 5.74) is 1.53. The summed E-state index contributed by atoms with van der Waals surface area (Å²) in [4.78, 5) is 6.10. The molecule has 0 amide bonds. The molecule has 1 saturated heterocycles. The van der Waals surface area contributed by atoms with Crippen molar-refractivity contribution in [1.29, 1.82) is 0 Å². The van der Waals surface area contributed by atoms with E-state index < -0.39 is 5.60 Å². The van der Waals surface area contributed by atoms with Crippen molar-refractivity contribution in [3.05, 3.63) is 51.7 Å². The van der Waals surface area contributed by atoms with Gasteiger partial charge in [-0.25, -0.2) is 0 Å². The lowest BCUT2D eigenvalue weighted by atomic mass is 9.84. The molecule has 0 saturated carbocycles. The molecule has 0 aliphatic carbocycles. The highest BCUT2D eigenvalue weighted by atomic mass is 32.1. The number of fused-ring (bicyclic) bond motifs is 1. The topological polar surface area (TPSA) is 35.9 Å². The maximum atomic E-state index is 11.1. The summed E-state index contributed by atoms with van der Waals surface area (Å²) in [6.45, 7) is 5.35. The van der Waals surface area contributed by atoms with Gasteiger partial charge >= 0.3 is 0 Å². The van der Waals surface area contributed by atoms with Crippen molar-refractivity contribution in [2.75, 3.05) is 33.3 Å². The fourth-order valence-corrected chi connectivity index (χ4v) is 4.52. The van der Waals surface area contributed by atoms with Gasteiger partial charge in [0, 0.05) is 43.2 Å². The molecule has 0 bridgehead atoms. The SMILES string of the molecule is CN1CCC(O)(c2ccc3c(c2)CN(Cc2cccs2)CCO3)CC1. The number of benzene rings is 1. The summed E-state index contributed by atoms with van der Waals surface area (Å²) in [5.74, 6) is 0.967. The first-order valence-corrected chi connectivity index (χ1v) is 9.92. The Morgan fingerprint density at radius 1 is 1.20 bits per heavy atom. The van der Waals surface area contributed by atoms with Crippen molar-refractivity contribution >= 4 is 11.3 Å². The Bertz CT molecular complexity index is 708. The molecule has 1 aromatic carbocycles. The molecule has 0 spiro atoms. The van der Waals surface area contributed by atoms with Crippen LogP contribution in [0.5, 0.6) is 5.75 Å². The first kappa shape index (κ1) is 17.0. The number of thiophene rings is 1. The quantitative estimate of drug-likeness (QED) is 0.915. The van der Waals surface area contributed by atoms with Crippen LogP contribution in [0.3, 0.4) is 0 Å². The van der Waals surface area contributed by atoms with Crippen molar-refractivity contribution in [2.24, 2.45) is 0 Å². The van der Waals surface area contributed by atoms with Crippen LogP contribution >= 0.6 is 11.3 Å². The van der Waals surface area contributed by atoms with E-state index in [-0.39, 0.29) is 0 Å². The molecule has 0 unspecified atom stereocenters. The van der Waals surface area contributed by atoms with E-state index in [0.29, 0.717) is 6.61 Å². The summed E-state index contributed by atoms with van der Waals surface area (Å²) in [6, 6.07) is 10.6. The number of likely N-dealkylation sites (tertiary alicyclic amines) is 1. The van der Waals surface area contributed by atoms with Gasteiger partial charge in [0.25, 0.3) is 0 Å². The van der Waals surface area contributed by atoms with Gasteiger partial charge in [0.2, 0.25) is 0 Å². The monoisotopic (exact) mass is 358 g/mol. The summed E-state index contributed by atoms with van der Waals surface area (Å²) < 4.78 is 5.96. The number of aliphatic hydroxyl groups is 1. The lowest BCUT2D eigenvalue weighted by Gasteiger charge is -2.37. The molecule has 1 N–H and O–H groups in total. The Hall–Kier alpha value is -1.40. The molecule has 134 valence electrons. The predicted octanol–water partition coefficient (Wildman–Crippen LogP) is 3.06. The summed E-state index contributed by atoms with van der Waals surface area (Å²) in [6.07, 6.45) is 1.59. The predicted molar refractivity (Wildman–Crippen MR) is 101 cm³/mol. The van der Waals surface area contributed by atoms with Gasteiger partial charge in [-0.3, -0.25) is 4.90 Å². The zero-order valence-electron chi connectivity index (χ0n) is 14.8. The molecule has 25 heavy (non-hydrogen) atoms. The number of hydrogen-bond acceptors (Lipinski definition) is 5. The molecule has 2 aliphatic rings. The lowest BCUT2D eigenvalue weighted by molar-refractivity contribution is -0.0204. The standard InChI is InChI=1S/C20H26N2O2S/c1-21-8-6-20(23,7-9-21)17-4-5-19-16(13-17)14-22(10-11-24-19)15-18-3-2-12-25-18/h2-5,12-13,23H,6-11,14-15H2,1H3. The largest absolute Gasteiger partial charge is 0.492 e. The van der Waals surface area contributed by atoms with Crippen molar-refractivity contribution in [1.82, 2.24) is 9.80 Å². The van der Waals surface area contributed by atoms with Gasteiger partial charge in [-0.1, -0.05) is 12.1 Å². The second kappa shape index (κ2) is 7.08. The van der Waals surface area contributed by atoms with Crippen LogP contribution in [0.15, 0.2) is 35.7 Å². The van der Waals surface area contributed by atoms with Crippen molar-refractivity contribution in [3.63, 3.8) is 0 Å². The third-order valence-electron chi connectivity index (χ3n) is 5.43. The summed E-state index contributed by atoms with van der Waals surface area (Å²) >= 11 is 1.80. The third-order valence-corrected chi connectivity index (χ3v) is 6.29. The maximum absolute atomic E-state index is 11.1. The molecule has 3 heterocycles. The Kier molecular flexibility index (Phi) is 4.82. The lowest BCUT2D eigenvalue weighted by Crippen LogP contribution is -2.40. The highest BCUT2D eigenvalue weighted by molar-refractivity contribution is 7.09. The molecule has 2 aliphatic heterocycles. The first-order valence-electron chi connectivity index (χ1n) is 9.04. The van der Waals surface area contributed by atoms with Gasteiger partial charge in [-0.05, 0) is 49.0 Å². The molecule has 4 rings (SSSR count). The zero-order chi connectivity index (χ0) is 17.3. The molecular weight excluding hydrogens is 332 g/mol. The third kappa shape index (κ3) is 3.75. The van der Waals surface area contributed by atoms with Crippen LogP contribution in [-0.4, -0.2) is 48.2 Å². The second-order valence-electron chi connectivity index (χ2n) is 7.30. The van der Waals surface area contributed by atoms with Crippen molar-refractivity contribution in [2.45, 2.75) is 31.5 Å². The van der Waals surface area contributed by atoms with E-state index in [1.54, 1.807) is 11.3 Å². The molecular formula is C20H26N2O2S. The Labute approximate surface area is 153 Å². The van der Waals surface area contributed by atoms with Gasteiger partial charge in [0.15, 0.2) is 0 Å². The van der Waals surface area contributed by atoms with Crippen molar-refractivity contribution < 1.29 is 9.84 Å². The zero-order valence-corrected chi connectivity index (χ0v) is 15.6. The minimum atomic E-state index is -0.702. The molecule has 0 atom stereocenters. The van der Waals surface area contributed by atoms with Crippen LogP contribution in [0.4, 0.5) is 0 Å². The summed E-state index contributed by atoms with van der Waals surface area (Å²) in [7, 11) is 2.12. The second-order valence-corrected chi connectivity index (χ2v) is 8.33. The van der Waals surface area contributed by atoms with E-state index in [9.17, 15) is 5.11 Å². The van der Waals surface area contributed by atoms with Gasteiger partial charge in [-0.15, -0.1) is 11.3 Å². The van der Waals surface area contributed by atoms with Gasteiger partial charge in [0.05, 0.1) is 5.60 Å². The molecule has 2 aromatic rings. The molecule has 0 radical (unpaired) electrons. The Morgan fingerprint density at radius 2 is 2.04 bits per heavy atom.